The molecule has 2 unspecified atom stereocenters. The molecule has 0 bridgehead atoms. The Balaban J connectivity index is 2.14. The minimum atomic E-state index is -0.824. The second kappa shape index (κ2) is 7.32. The number of carbonyl (C=O) groups is 1. The van der Waals surface area contributed by atoms with E-state index in [2.05, 4.69) is 0 Å². The topological polar surface area (TPSA) is 40.5 Å². The third kappa shape index (κ3) is 3.40. The van der Waals surface area contributed by atoms with Crippen LogP contribution in [-0.2, 0) is 4.79 Å². The van der Waals surface area contributed by atoms with E-state index in [0.717, 1.165) is 17.5 Å². The van der Waals surface area contributed by atoms with Gasteiger partial charge in [-0.2, -0.15) is 0 Å². The summed E-state index contributed by atoms with van der Waals surface area (Å²) in [5, 5.41) is 11.2. The SMILES string of the molecule is O=C(O)C1CCCN1C(c1ccccc1Cl)c1ccc(Cl)cc1Cl. The van der Waals surface area contributed by atoms with Gasteiger partial charge < -0.3 is 5.11 Å². The normalized spacial score (nSPS) is 19.4. The molecule has 126 valence electrons. The lowest BCUT2D eigenvalue weighted by Crippen LogP contribution is -2.39. The zero-order chi connectivity index (χ0) is 17.3. The van der Waals surface area contributed by atoms with Crippen LogP contribution in [0.5, 0.6) is 0 Å². The summed E-state index contributed by atoms with van der Waals surface area (Å²) in [7, 11) is 0. The monoisotopic (exact) mass is 383 g/mol. The fourth-order valence-electron chi connectivity index (χ4n) is 3.31. The summed E-state index contributed by atoms with van der Waals surface area (Å²) >= 11 is 18.9. The zero-order valence-electron chi connectivity index (χ0n) is 12.8. The van der Waals surface area contributed by atoms with E-state index in [1.807, 2.05) is 29.2 Å². The van der Waals surface area contributed by atoms with Gasteiger partial charge in [-0.15, -0.1) is 0 Å². The first-order valence-corrected chi connectivity index (χ1v) is 8.80. The van der Waals surface area contributed by atoms with Crippen LogP contribution in [-0.4, -0.2) is 28.6 Å². The molecule has 1 aliphatic heterocycles. The van der Waals surface area contributed by atoms with Gasteiger partial charge in [-0.3, -0.25) is 9.69 Å². The van der Waals surface area contributed by atoms with E-state index in [9.17, 15) is 9.90 Å². The van der Waals surface area contributed by atoms with Crippen molar-refractivity contribution in [3.8, 4) is 0 Å². The highest BCUT2D eigenvalue weighted by molar-refractivity contribution is 6.35. The molecule has 1 saturated heterocycles. The van der Waals surface area contributed by atoms with Gasteiger partial charge in [-0.25, -0.2) is 0 Å². The summed E-state index contributed by atoms with van der Waals surface area (Å²) in [4.78, 5) is 13.6. The summed E-state index contributed by atoms with van der Waals surface area (Å²) in [5.41, 5.74) is 1.65. The van der Waals surface area contributed by atoms with E-state index in [1.165, 1.54) is 0 Å². The Morgan fingerprint density at radius 3 is 2.46 bits per heavy atom. The van der Waals surface area contributed by atoms with Gasteiger partial charge in [0.25, 0.3) is 0 Å². The maximum Gasteiger partial charge on any atom is 0.320 e. The van der Waals surface area contributed by atoms with Crippen molar-refractivity contribution in [2.45, 2.75) is 24.9 Å². The van der Waals surface area contributed by atoms with Crippen molar-refractivity contribution >= 4 is 40.8 Å². The first-order valence-electron chi connectivity index (χ1n) is 7.67. The van der Waals surface area contributed by atoms with E-state index in [-0.39, 0.29) is 6.04 Å². The van der Waals surface area contributed by atoms with Crippen molar-refractivity contribution in [1.82, 2.24) is 4.90 Å². The molecule has 2 aromatic carbocycles. The maximum atomic E-state index is 11.7. The lowest BCUT2D eigenvalue weighted by Gasteiger charge is -2.33. The summed E-state index contributed by atoms with van der Waals surface area (Å²) in [5.74, 6) is -0.824. The van der Waals surface area contributed by atoms with Crippen LogP contribution in [0.3, 0.4) is 0 Å². The van der Waals surface area contributed by atoms with Gasteiger partial charge >= 0.3 is 5.97 Å². The Hall–Kier alpha value is -1.26. The first-order chi connectivity index (χ1) is 11.5. The minimum absolute atomic E-state index is 0.327. The largest absolute Gasteiger partial charge is 0.480 e. The Morgan fingerprint density at radius 2 is 1.79 bits per heavy atom. The molecule has 1 heterocycles. The van der Waals surface area contributed by atoms with Gasteiger partial charge in [0.2, 0.25) is 0 Å². The number of carboxylic acids is 1. The minimum Gasteiger partial charge on any atom is -0.480 e. The van der Waals surface area contributed by atoms with Crippen molar-refractivity contribution in [1.29, 1.82) is 0 Å². The molecule has 24 heavy (non-hydrogen) atoms. The third-order valence-corrected chi connectivity index (χ3v) is 5.27. The Bertz CT molecular complexity index is 766. The molecule has 1 N–H and O–H groups in total. The van der Waals surface area contributed by atoms with E-state index in [0.29, 0.717) is 28.0 Å². The van der Waals surface area contributed by atoms with E-state index < -0.39 is 12.0 Å². The Labute approximate surface area is 155 Å². The van der Waals surface area contributed by atoms with Crippen LogP contribution in [0, 0.1) is 0 Å². The van der Waals surface area contributed by atoms with Gasteiger partial charge in [-0.1, -0.05) is 59.1 Å². The maximum absolute atomic E-state index is 11.7. The fourth-order valence-corrected chi connectivity index (χ4v) is 4.06. The average Bonchev–Trinajstić information content (AvgIpc) is 3.01. The molecular weight excluding hydrogens is 369 g/mol. The molecule has 1 aliphatic rings. The van der Waals surface area contributed by atoms with E-state index in [4.69, 9.17) is 34.8 Å². The number of rotatable bonds is 4. The van der Waals surface area contributed by atoms with E-state index >= 15 is 0 Å². The number of hydrogen-bond acceptors (Lipinski definition) is 2. The lowest BCUT2D eigenvalue weighted by atomic mass is 9.96. The first kappa shape index (κ1) is 17.6. The van der Waals surface area contributed by atoms with Gasteiger partial charge in [0.05, 0.1) is 6.04 Å². The van der Waals surface area contributed by atoms with Crippen LogP contribution in [0.1, 0.15) is 30.0 Å². The molecule has 0 aliphatic carbocycles. The summed E-state index contributed by atoms with van der Waals surface area (Å²) in [6, 6.07) is 11.9. The van der Waals surface area contributed by atoms with E-state index in [1.54, 1.807) is 18.2 Å². The van der Waals surface area contributed by atoms with Crippen molar-refractivity contribution in [3.05, 3.63) is 68.7 Å². The zero-order valence-corrected chi connectivity index (χ0v) is 15.0. The highest BCUT2D eigenvalue weighted by atomic mass is 35.5. The summed E-state index contributed by atoms with van der Waals surface area (Å²) < 4.78 is 0. The van der Waals surface area contributed by atoms with Crippen LogP contribution in [0.25, 0.3) is 0 Å². The summed E-state index contributed by atoms with van der Waals surface area (Å²) in [6.07, 6.45) is 1.44. The molecule has 3 nitrogen and oxygen atoms in total. The second-order valence-corrected chi connectivity index (χ2v) is 7.07. The standard InChI is InChI=1S/C18H16Cl3NO2/c19-11-7-8-13(15(21)10-11)17(12-4-1-2-5-14(12)20)22-9-3-6-16(22)18(23)24/h1-2,4-5,7-8,10,16-17H,3,6,9H2,(H,23,24). The lowest BCUT2D eigenvalue weighted by molar-refractivity contribution is -0.142. The molecule has 0 spiro atoms. The van der Waals surface area contributed by atoms with Crippen LogP contribution < -0.4 is 0 Å². The van der Waals surface area contributed by atoms with Crippen LogP contribution in [0.4, 0.5) is 0 Å². The molecule has 2 atom stereocenters. The van der Waals surface area contributed by atoms with Crippen molar-refractivity contribution in [2.75, 3.05) is 6.54 Å². The molecule has 3 rings (SSSR count). The molecule has 1 fully saturated rings. The summed E-state index contributed by atoms with van der Waals surface area (Å²) in [6.45, 7) is 0.672. The van der Waals surface area contributed by atoms with Crippen LogP contribution in [0.15, 0.2) is 42.5 Å². The predicted octanol–water partition coefficient (Wildman–Crippen LogP) is 5.29. The van der Waals surface area contributed by atoms with Gasteiger partial charge in [0.15, 0.2) is 0 Å². The number of hydrogen-bond donors (Lipinski definition) is 1. The highest BCUT2D eigenvalue weighted by Crippen LogP contribution is 2.41. The average molecular weight is 385 g/mol. The number of halogens is 3. The molecular formula is C18H16Cl3NO2. The number of likely N-dealkylation sites (tertiary alicyclic amines) is 1. The second-order valence-electron chi connectivity index (χ2n) is 5.82. The van der Waals surface area contributed by atoms with Crippen molar-refractivity contribution in [2.24, 2.45) is 0 Å². The molecule has 6 heteroatoms. The number of aliphatic carboxylic acids is 1. The highest BCUT2D eigenvalue weighted by Gasteiger charge is 2.38. The smallest absolute Gasteiger partial charge is 0.320 e. The Morgan fingerprint density at radius 1 is 1.08 bits per heavy atom. The van der Waals surface area contributed by atoms with Crippen LogP contribution >= 0.6 is 34.8 Å². The number of carboxylic acid groups (broad SMARTS) is 1. The molecule has 2 aromatic rings. The van der Waals surface area contributed by atoms with Gasteiger partial charge in [0, 0.05) is 21.6 Å². The third-order valence-electron chi connectivity index (χ3n) is 4.37. The van der Waals surface area contributed by atoms with Crippen molar-refractivity contribution in [3.63, 3.8) is 0 Å². The fraction of sp³-hybridized carbons (Fsp3) is 0.278. The van der Waals surface area contributed by atoms with Gasteiger partial charge in [0.1, 0.15) is 6.04 Å². The molecule has 0 radical (unpaired) electrons. The molecule has 0 aromatic heterocycles. The number of nitrogens with zero attached hydrogens (tertiary/aromatic N) is 1. The van der Waals surface area contributed by atoms with Crippen molar-refractivity contribution < 1.29 is 9.90 Å². The quantitative estimate of drug-likeness (QED) is 0.779. The predicted molar refractivity (Wildman–Crippen MR) is 97.1 cm³/mol. The molecule has 0 saturated carbocycles. The Kier molecular flexibility index (Phi) is 5.36. The van der Waals surface area contributed by atoms with Crippen LogP contribution in [0.2, 0.25) is 15.1 Å². The molecule has 0 amide bonds. The van der Waals surface area contributed by atoms with Gasteiger partial charge in [-0.05, 0) is 42.2 Å². The number of benzene rings is 2.